The van der Waals surface area contributed by atoms with Gasteiger partial charge in [-0.05, 0) is 85.3 Å². The first-order valence-corrected chi connectivity index (χ1v) is 16.9. The van der Waals surface area contributed by atoms with E-state index in [1.165, 1.54) is 12.4 Å². The van der Waals surface area contributed by atoms with E-state index in [9.17, 15) is 19.2 Å². The van der Waals surface area contributed by atoms with Gasteiger partial charge in [0.25, 0.3) is 5.91 Å². The van der Waals surface area contributed by atoms with Crippen molar-refractivity contribution in [3.05, 3.63) is 113 Å². The van der Waals surface area contributed by atoms with Gasteiger partial charge in [0.15, 0.2) is 0 Å². The molecule has 12 heteroatoms. The number of anilines is 2. The molecular formula is C38H42N8O4. The average molecular weight is 675 g/mol. The highest BCUT2D eigenvalue weighted by Gasteiger charge is 2.41. The van der Waals surface area contributed by atoms with E-state index in [1.54, 1.807) is 34.2 Å². The van der Waals surface area contributed by atoms with E-state index in [1.807, 2.05) is 62.5 Å². The van der Waals surface area contributed by atoms with E-state index >= 15 is 0 Å². The zero-order valence-electron chi connectivity index (χ0n) is 28.4. The highest BCUT2D eigenvalue weighted by molar-refractivity contribution is 5.96. The molecule has 1 atom stereocenters. The average Bonchev–Trinajstić information content (AvgIpc) is 3.57. The molecule has 1 fully saturated rings. The predicted octanol–water partition coefficient (Wildman–Crippen LogP) is 3.85. The maximum Gasteiger partial charge on any atom is 0.291 e. The monoisotopic (exact) mass is 674 g/mol. The zero-order valence-corrected chi connectivity index (χ0v) is 28.4. The molecule has 0 bridgehead atoms. The van der Waals surface area contributed by atoms with Crippen LogP contribution in [0.2, 0.25) is 0 Å². The molecule has 6 rings (SSSR count). The van der Waals surface area contributed by atoms with Crippen LogP contribution in [0, 0.1) is 11.3 Å². The third-order valence-corrected chi connectivity index (χ3v) is 9.61. The van der Waals surface area contributed by atoms with Crippen LogP contribution in [0.15, 0.2) is 85.3 Å². The molecule has 12 nitrogen and oxygen atoms in total. The summed E-state index contributed by atoms with van der Waals surface area (Å²) in [6, 6.07) is 20.6. The topological polar surface area (TPSA) is 150 Å². The largest absolute Gasteiger partial charge is 0.336 e. The van der Waals surface area contributed by atoms with Gasteiger partial charge in [0.05, 0.1) is 0 Å². The van der Waals surface area contributed by atoms with E-state index < -0.39 is 5.41 Å². The Morgan fingerprint density at radius 2 is 1.54 bits per heavy atom. The maximum atomic E-state index is 14.4. The number of piperidine rings is 1. The highest BCUT2D eigenvalue weighted by Crippen LogP contribution is 2.35. The van der Waals surface area contributed by atoms with Crippen molar-refractivity contribution in [3.63, 3.8) is 0 Å². The zero-order chi connectivity index (χ0) is 35.1. The lowest BCUT2D eigenvalue weighted by molar-refractivity contribution is -0.146. The molecule has 2 aliphatic rings. The van der Waals surface area contributed by atoms with E-state index in [0.717, 1.165) is 22.3 Å². The lowest BCUT2D eigenvalue weighted by atomic mass is 9.78. The number of carbonyl (C=O) groups is 4. The number of pyridine rings is 1. The van der Waals surface area contributed by atoms with Crippen LogP contribution >= 0.6 is 0 Å². The molecule has 1 aliphatic heterocycles. The molecule has 2 aromatic carbocycles. The van der Waals surface area contributed by atoms with Crippen molar-refractivity contribution in [1.82, 2.24) is 30.1 Å². The first kappa shape index (κ1) is 34.4. The molecule has 1 saturated heterocycles. The van der Waals surface area contributed by atoms with Gasteiger partial charge in [-0.15, -0.1) is 0 Å². The third-order valence-electron chi connectivity index (χ3n) is 9.61. The first-order valence-electron chi connectivity index (χ1n) is 16.9. The van der Waals surface area contributed by atoms with Gasteiger partial charge in [-0.2, -0.15) is 0 Å². The second kappa shape index (κ2) is 15.4. The lowest BCUT2D eigenvalue weighted by Crippen LogP contribution is -2.51. The molecule has 4 aromatic rings. The number of nitrogens with zero attached hydrogens (tertiary/aromatic N) is 5. The Morgan fingerprint density at radius 3 is 2.26 bits per heavy atom. The van der Waals surface area contributed by atoms with Crippen molar-refractivity contribution < 1.29 is 19.2 Å². The Bertz CT molecular complexity index is 1840. The molecule has 3 N–H and O–H groups in total. The van der Waals surface area contributed by atoms with E-state index in [0.29, 0.717) is 56.8 Å². The Morgan fingerprint density at radius 1 is 0.840 bits per heavy atom. The minimum atomic E-state index is -0.773. The van der Waals surface area contributed by atoms with Gasteiger partial charge >= 0.3 is 0 Å². The van der Waals surface area contributed by atoms with Crippen LogP contribution in [0.4, 0.5) is 11.5 Å². The van der Waals surface area contributed by atoms with Gasteiger partial charge in [-0.3, -0.25) is 19.2 Å². The van der Waals surface area contributed by atoms with Crippen molar-refractivity contribution in [3.8, 4) is 0 Å². The Hall–Kier alpha value is -5.49. The van der Waals surface area contributed by atoms with Crippen molar-refractivity contribution in [2.75, 3.05) is 37.3 Å². The fraction of sp³-hybridized carbons (Fsp3) is 0.342. The summed E-state index contributed by atoms with van der Waals surface area (Å²) in [6.07, 6.45) is 6.76. The number of amides is 4. The Labute approximate surface area is 291 Å². The molecule has 0 spiro atoms. The quantitative estimate of drug-likeness (QED) is 0.217. The van der Waals surface area contributed by atoms with E-state index in [-0.39, 0.29) is 48.5 Å². The lowest BCUT2D eigenvalue weighted by Gasteiger charge is -2.41. The normalized spacial score (nSPS) is 16.3. The third kappa shape index (κ3) is 8.03. The number of rotatable bonds is 11. The molecule has 0 radical (unpaired) electrons. The molecule has 2 aromatic heterocycles. The first-order chi connectivity index (χ1) is 24.2. The number of likely N-dealkylation sites (tertiary alicyclic amines) is 1. The summed E-state index contributed by atoms with van der Waals surface area (Å²) < 4.78 is 0. The van der Waals surface area contributed by atoms with Crippen LogP contribution in [0.25, 0.3) is 0 Å². The fourth-order valence-corrected chi connectivity index (χ4v) is 6.75. The SMILES string of the molecule is CNCc1ccccc1CN(CC(=O)Nc1ccc2c(c1)C[C@H](C(=O)Nc1ccccn1)C2)C(=O)C1(C)CCN(C(=O)c2ncccn2)CC1. The summed E-state index contributed by atoms with van der Waals surface area (Å²) in [4.78, 5) is 69.6. The van der Waals surface area contributed by atoms with Crippen molar-refractivity contribution >= 4 is 35.1 Å². The summed E-state index contributed by atoms with van der Waals surface area (Å²) in [6.45, 7) is 3.42. The molecule has 50 heavy (non-hydrogen) atoms. The maximum absolute atomic E-state index is 14.4. The molecule has 4 amide bonds. The standard InChI is InChI=1S/C38H42N8O4/c1-38(13-18-45(19-14-38)36(49)34-41-16-7-17-42-34)37(50)46(24-28-9-4-3-8-27(28)23-39-2)25-33(47)43-31-12-11-26-20-30(21-29(26)22-31)35(48)44-32-10-5-6-15-40-32/h3-12,15-17,22,30,39H,13-14,18-21,23-25H2,1-2H3,(H,43,47)(H,40,44,48)/t30-/m1/s1. The van der Waals surface area contributed by atoms with Gasteiger partial charge in [0.2, 0.25) is 23.5 Å². The van der Waals surface area contributed by atoms with Gasteiger partial charge in [-0.1, -0.05) is 43.3 Å². The van der Waals surface area contributed by atoms with E-state index in [2.05, 4.69) is 30.9 Å². The van der Waals surface area contributed by atoms with Crippen LogP contribution in [-0.2, 0) is 40.3 Å². The Kier molecular flexibility index (Phi) is 10.6. The number of hydrogen-bond donors (Lipinski definition) is 3. The molecule has 1 aliphatic carbocycles. The summed E-state index contributed by atoms with van der Waals surface area (Å²) in [5, 5.41) is 9.07. The van der Waals surface area contributed by atoms with Gasteiger partial charge < -0.3 is 25.8 Å². The minimum absolute atomic E-state index is 0.0877. The smallest absolute Gasteiger partial charge is 0.291 e. The van der Waals surface area contributed by atoms with Crippen molar-refractivity contribution in [2.45, 2.75) is 45.7 Å². The number of benzene rings is 2. The van der Waals surface area contributed by atoms with Crippen LogP contribution in [0.5, 0.6) is 0 Å². The van der Waals surface area contributed by atoms with Crippen LogP contribution in [0.3, 0.4) is 0 Å². The van der Waals surface area contributed by atoms with Crippen LogP contribution < -0.4 is 16.0 Å². The number of nitrogens with one attached hydrogen (secondary N) is 3. The predicted molar refractivity (Wildman–Crippen MR) is 189 cm³/mol. The van der Waals surface area contributed by atoms with Crippen LogP contribution in [0.1, 0.15) is 52.6 Å². The molecule has 0 saturated carbocycles. The van der Waals surface area contributed by atoms with E-state index in [4.69, 9.17) is 0 Å². The Balaban J connectivity index is 1.14. The molecular weight excluding hydrogens is 632 g/mol. The summed E-state index contributed by atoms with van der Waals surface area (Å²) in [5.41, 5.74) is 3.91. The minimum Gasteiger partial charge on any atom is -0.336 e. The molecule has 0 unspecified atom stereocenters. The van der Waals surface area contributed by atoms with Crippen molar-refractivity contribution in [2.24, 2.45) is 11.3 Å². The van der Waals surface area contributed by atoms with Gasteiger partial charge in [0, 0.05) is 61.8 Å². The number of hydrogen-bond acceptors (Lipinski definition) is 8. The van der Waals surface area contributed by atoms with Crippen LogP contribution in [-0.4, -0.2) is 75.1 Å². The van der Waals surface area contributed by atoms with Gasteiger partial charge in [0.1, 0.15) is 12.4 Å². The molecule has 258 valence electrons. The number of aromatic nitrogens is 3. The summed E-state index contributed by atoms with van der Waals surface area (Å²) in [5.74, 6) is -0.371. The summed E-state index contributed by atoms with van der Waals surface area (Å²) >= 11 is 0. The fourth-order valence-electron chi connectivity index (χ4n) is 6.75. The highest BCUT2D eigenvalue weighted by atomic mass is 16.2. The van der Waals surface area contributed by atoms with Gasteiger partial charge in [-0.25, -0.2) is 15.0 Å². The second-order valence-electron chi connectivity index (χ2n) is 13.2. The van der Waals surface area contributed by atoms with Crippen molar-refractivity contribution in [1.29, 1.82) is 0 Å². The number of fused-ring (bicyclic) bond motifs is 1. The summed E-state index contributed by atoms with van der Waals surface area (Å²) in [7, 11) is 1.87. The second-order valence-corrected chi connectivity index (χ2v) is 13.2. The molecule has 3 heterocycles. The number of carbonyl (C=O) groups excluding carboxylic acids is 4.